The number of rotatable bonds is 4. The molecule has 2 heterocycles. The quantitative estimate of drug-likeness (QED) is 0.871. The molecular weight excluding hydrogens is 296 g/mol. The number of nitriles is 1. The largest absolute Gasteiger partial charge is 0.301 e. The number of likely N-dealkylation sites (tertiary alicyclic amines) is 1. The SMILES string of the molecule is N#CC1(c2ccccc2)CCN(CCn2cc(Cl)cn2)CC1. The topological polar surface area (TPSA) is 44.9 Å². The molecule has 1 saturated heterocycles. The van der Waals surface area contributed by atoms with Crippen molar-refractivity contribution >= 4 is 11.6 Å². The molecule has 22 heavy (non-hydrogen) atoms. The summed E-state index contributed by atoms with van der Waals surface area (Å²) in [5.41, 5.74) is 0.822. The maximum Gasteiger partial charge on any atom is 0.0846 e. The predicted octanol–water partition coefficient (Wildman–Crippen LogP) is 3.09. The third kappa shape index (κ3) is 3.16. The monoisotopic (exact) mass is 314 g/mol. The van der Waals surface area contributed by atoms with E-state index in [0.29, 0.717) is 5.02 Å². The average Bonchev–Trinajstić information content (AvgIpc) is 3.00. The van der Waals surface area contributed by atoms with E-state index >= 15 is 0 Å². The predicted molar refractivity (Wildman–Crippen MR) is 86.6 cm³/mol. The Morgan fingerprint density at radius 3 is 2.50 bits per heavy atom. The highest BCUT2D eigenvalue weighted by Gasteiger charge is 2.36. The molecule has 0 N–H and O–H groups in total. The summed E-state index contributed by atoms with van der Waals surface area (Å²) in [5.74, 6) is 0. The lowest BCUT2D eigenvalue weighted by Gasteiger charge is -2.37. The molecule has 114 valence electrons. The molecule has 1 aromatic heterocycles. The Labute approximate surface area is 135 Å². The van der Waals surface area contributed by atoms with Gasteiger partial charge in [-0.3, -0.25) is 4.68 Å². The first kappa shape index (κ1) is 15.1. The Hall–Kier alpha value is -1.83. The minimum absolute atomic E-state index is 0.327. The number of piperidine rings is 1. The zero-order valence-corrected chi connectivity index (χ0v) is 13.2. The van der Waals surface area contributed by atoms with Crippen molar-refractivity contribution in [1.29, 1.82) is 5.26 Å². The molecule has 0 aliphatic carbocycles. The van der Waals surface area contributed by atoms with Gasteiger partial charge in [-0.15, -0.1) is 0 Å². The Morgan fingerprint density at radius 2 is 1.91 bits per heavy atom. The standard InChI is InChI=1S/C17H19ClN4/c18-16-12-20-22(13-16)11-10-21-8-6-17(14-19,7-9-21)15-4-2-1-3-5-15/h1-5,12-13H,6-11H2. The Morgan fingerprint density at radius 1 is 1.18 bits per heavy atom. The molecule has 0 radical (unpaired) electrons. The van der Waals surface area contributed by atoms with Crippen LogP contribution in [0.3, 0.4) is 0 Å². The lowest BCUT2D eigenvalue weighted by Crippen LogP contribution is -2.43. The maximum absolute atomic E-state index is 9.69. The van der Waals surface area contributed by atoms with E-state index in [1.54, 1.807) is 6.20 Å². The van der Waals surface area contributed by atoms with Gasteiger partial charge in [0.15, 0.2) is 0 Å². The number of hydrogen-bond acceptors (Lipinski definition) is 3. The second-order valence-corrected chi connectivity index (χ2v) is 6.26. The lowest BCUT2D eigenvalue weighted by molar-refractivity contribution is 0.178. The number of nitrogens with zero attached hydrogens (tertiary/aromatic N) is 4. The molecule has 1 aromatic carbocycles. The first-order valence-corrected chi connectivity index (χ1v) is 7.97. The fraction of sp³-hybridized carbons (Fsp3) is 0.412. The van der Waals surface area contributed by atoms with Crippen LogP contribution in [-0.2, 0) is 12.0 Å². The van der Waals surface area contributed by atoms with Crippen molar-refractivity contribution in [3.63, 3.8) is 0 Å². The van der Waals surface area contributed by atoms with E-state index in [1.165, 1.54) is 0 Å². The summed E-state index contributed by atoms with van der Waals surface area (Å²) in [7, 11) is 0. The van der Waals surface area contributed by atoms with Gasteiger partial charge in [0.1, 0.15) is 0 Å². The van der Waals surface area contributed by atoms with Gasteiger partial charge in [-0.1, -0.05) is 41.9 Å². The molecule has 0 unspecified atom stereocenters. The van der Waals surface area contributed by atoms with Crippen molar-refractivity contribution in [2.45, 2.75) is 24.8 Å². The summed E-state index contributed by atoms with van der Waals surface area (Å²) in [6.45, 7) is 3.65. The van der Waals surface area contributed by atoms with Crippen molar-refractivity contribution in [1.82, 2.24) is 14.7 Å². The number of hydrogen-bond donors (Lipinski definition) is 0. The summed E-state index contributed by atoms with van der Waals surface area (Å²) in [5, 5.41) is 14.6. The van der Waals surface area contributed by atoms with Crippen molar-refractivity contribution in [2.24, 2.45) is 0 Å². The second-order valence-electron chi connectivity index (χ2n) is 5.82. The van der Waals surface area contributed by atoms with Crippen molar-refractivity contribution in [3.8, 4) is 6.07 Å². The second kappa shape index (κ2) is 6.51. The number of halogens is 1. The van der Waals surface area contributed by atoms with Crippen LogP contribution < -0.4 is 0 Å². The molecule has 1 aliphatic rings. The van der Waals surface area contributed by atoms with Gasteiger partial charge in [-0.05, 0) is 18.4 Å². The van der Waals surface area contributed by atoms with Crippen LogP contribution in [0.4, 0.5) is 0 Å². The number of aromatic nitrogens is 2. The summed E-state index contributed by atoms with van der Waals surface area (Å²) < 4.78 is 1.87. The Kier molecular flexibility index (Phi) is 4.47. The highest BCUT2D eigenvalue weighted by molar-refractivity contribution is 6.30. The van der Waals surface area contributed by atoms with E-state index in [-0.39, 0.29) is 5.41 Å². The van der Waals surface area contributed by atoms with Crippen LogP contribution in [0.5, 0.6) is 0 Å². The van der Waals surface area contributed by atoms with E-state index in [1.807, 2.05) is 29.1 Å². The third-order valence-corrected chi connectivity index (χ3v) is 4.69. The van der Waals surface area contributed by atoms with Crippen molar-refractivity contribution < 1.29 is 0 Å². The average molecular weight is 315 g/mol. The van der Waals surface area contributed by atoms with E-state index in [4.69, 9.17) is 11.6 Å². The van der Waals surface area contributed by atoms with E-state index in [2.05, 4.69) is 28.2 Å². The number of benzene rings is 1. The van der Waals surface area contributed by atoms with Gasteiger partial charge in [0, 0.05) is 25.8 Å². The van der Waals surface area contributed by atoms with E-state index < -0.39 is 0 Å². The summed E-state index contributed by atoms with van der Waals surface area (Å²) in [6, 6.07) is 12.7. The molecule has 0 saturated carbocycles. The highest BCUT2D eigenvalue weighted by Crippen LogP contribution is 2.34. The molecule has 4 nitrogen and oxygen atoms in total. The first-order valence-electron chi connectivity index (χ1n) is 7.59. The van der Waals surface area contributed by atoms with E-state index in [9.17, 15) is 5.26 Å². The summed E-state index contributed by atoms with van der Waals surface area (Å²) >= 11 is 5.87. The van der Waals surface area contributed by atoms with Gasteiger partial charge in [-0.2, -0.15) is 10.4 Å². The molecule has 0 bridgehead atoms. The van der Waals surface area contributed by atoms with Crippen LogP contribution in [0.25, 0.3) is 0 Å². The van der Waals surface area contributed by atoms with Crippen LogP contribution >= 0.6 is 11.6 Å². The van der Waals surface area contributed by atoms with Gasteiger partial charge in [0.05, 0.1) is 29.2 Å². The van der Waals surface area contributed by atoms with Gasteiger partial charge >= 0.3 is 0 Å². The van der Waals surface area contributed by atoms with E-state index in [0.717, 1.165) is 44.6 Å². The molecule has 2 aromatic rings. The molecule has 0 atom stereocenters. The maximum atomic E-state index is 9.69. The van der Waals surface area contributed by atoms with Crippen LogP contribution in [0.15, 0.2) is 42.7 Å². The van der Waals surface area contributed by atoms with Gasteiger partial charge in [-0.25, -0.2) is 0 Å². The molecule has 1 aliphatic heterocycles. The Balaban J connectivity index is 1.58. The van der Waals surface area contributed by atoms with Crippen molar-refractivity contribution in [3.05, 3.63) is 53.3 Å². The minimum atomic E-state index is -0.327. The lowest BCUT2D eigenvalue weighted by atomic mass is 9.74. The minimum Gasteiger partial charge on any atom is -0.301 e. The highest BCUT2D eigenvalue weighted by atomic mass is 35.5. The van der Waals surface area contributed by atoms with Crippen LogP contribution in [-0.4, -0.2) is 34.3 Å². The smallest absolute Gasteiger partial charge is 0.0846 e. The molecule has 0 spiro atoms. The third-order valence-electron chi connectivity index (χ3n) is 4.50. The molecule has 5 heteroatoms. The molecule has 1 fully saturated rings. The van der Waals surface area contributed by atoms with Gasteiger partial charge in [0.2, 0.25) is 0 Å². The Bertz CT molecular complexity index is 651. The van der Waals surface area contributed by atoms with Gasteiger partial charge < -0.3 is 4.90 Å². The van der Waals surface area contributed by atoms with Crippen LogP contribution in [0.1, 0.15) is 18.4 Å². The summed E-state index contributed by atoms with van der Waals surface area (Å²) in [6.07, 6.45) is 5.27. The zero-order valence-electron chi connectivity index (χ0n) is 12.5. The van der Waals surface area contributed by atoms with Crippen LogP contribution in [0, 0.1) is 11.3 Å². The molecular formula is C17H19ClN4. The van der Waals surface area contributed by atoms with Gasteiger partial charge in [0.25, 0.3) is 0 Å². The van der Waals surface area contributed by atoms with Crippen molar-refractivity contribution in [2.75, 3.05) is 19.6 Å². The van der Waals surface area contributed by atoms with Crippen LogP contribution in [0.2, 0.25) is 5.02 Å². The fourth-order valence-corrected chi connectivity index (χ4v) is 3.24. The molecule has 3 rings (SSSR count). The molecule has 0 amide bonds. The summed E-state index contributed by atoms with van der Waals surface area (Å²) in [4.78, 5) is 2.40. The normalized spacial score (nSPS) is 18.0. The zero-order chi connectivity index (χ0) is 15.4. The fourth-order valence-electron chi connectivity index (χ4n) is 3.09. The first-order chi connectivity index (χ1) is 10.7.